The normalized spacial score (nSPS) is 12.7. The molecule has 0 saturated heterocycles. The topological polar surface area (TPSA) is 69.7 Å². The number of carbonyl (C=O) groups is 1. The van der Waals surface area contributed by atoms with Crippen molar-refractivity contribution < 1.29 is 49.7 Å². The molecule has 3 rings (SSSR count). The van der Waals surface area contributed by atoms with Gasteiger partial charge in [-0.2, -0.15) is 30.7 Å². The second-order valence-electron chi connectivity index (χ2n) is 7.32. The molecule has 1 unspecified atom stereocenters. The number of nitrogens with zero attached hydrogens (tertiary/aromatic N) is 1. The van der Waals surface area contributed by atoms with E-state index >= 15 is 0 Å². The zero-order valence-corrected chi connectivity index (χ0v) is 19.3. The first-order valence-electron chi connectivity index (χ1n) is 10.2. The van der Waals surface area contributed by atoms with E-state index in [0.717, 1.165) is 12.1 Å². The van der Waals surface area contributed by atoms with Gasteiger partial charge in [0.2, 0.25) is 5.88 Å². The van der Waals surface area contributed by atoms with E-state index in [-0.39, 0.29) is 28.1 Å². The fourth-order valence-corrected chi connectivity index (χ4v) is 2.87. The van der Waals surface area contributed by atoms with Crippen LogP contribution in [0.15, 0.2) is 60.8 Å². The van der Waals surface area contributed by atoms with Crippen molar-refractivity contribution in [3.63, 3.8) is 0 Å². The lowest BCUT2D eigenvalue weighted by Gasteiger charge is -2.17. The molecule has 0 spiro atoms. The number of halogens is 8. The van der Waals surface area contributed by atoms with E-state index in [1.54, 1.807) is 0 Å². The van der Waals surface area contributed by atoms with Gasteiger partial charge in [0.05, 0.1) is 5.56 Å². The molecular weight excluding hydrogens is 537 g/mol. The highest BCUT2D eigenvalue weighted by Crippen LogP contribution is 2.35. The van der Waals surface area contributed by atoms with Gasteiger partial charge in [-0.1, -0.05) is 11.6 Å². The van der Waals surface area contributed by atoms with E-state index in [1.807, 2.05) is 0 Å². The van der Waals surface area contributed by atoms with Crippen molar-refractivity contribution in [2.45, 2.75) is 31.7 Å². The first-order valence-corrected chi connectivity index (χ1v) is 10.6. The summed E-state index contributed by atoms with van der Waals surface area (Å²) in [6.45, 7) is 1.42. The summed E-state index contributed by atoms with van der Waals surface area (Å²) in [5.74, 6) is -0.974. The Morgan fingerprint density at radius 3 is 2.05 bits per heavy atom. The monoisotopic (exact) mass is 552 g/mol. The average molecular weight is 553 g/mol. The summed E-state index contributed by atoms with van der Waals surface area (Å²) in [6.07, 6.45) is -13.7. The molecule has 0 aliphatic rings. The van der Waals surface area contributed by atoms with Crippen LogP contribution in [0.1, 0.15) is 12.5 Å². The van der Waals surface area contributed by atoms with E-state index < -0.39 is 42.0 Å². The van der Waals surface area contributed by atoms with Gasteiger partial charge in [0.15, 0.2) is 6.10 Å². The first kappa shape index (κ1) is 27.8. The second-order valence-corrected chi connectivity index (χ2v) is 7.73. The predicted octanol–water partition coefficient (Wildman–Crippen LogP) is 7.19. The molecule has 6 nitrogen and oxygen atoms in total. The molecule has 1 amide bonds. The fraction of sp³-hybridized carbons (Fsp3) is 0.217. The van der Waals surface area contributed by atoms with Gasteiger partial charge in [-0.3, -0.25) is 4.79 Å². The van der Waals surface area contributed by atoms with Crippen molar-refractivity contribution in [3.05, 3.63) is 71.4 Å². The number of carbonyl (C=O) groups excluding carboxylic acids is 1. The third kappa shape index (κ3) is 7.62. The Balaban J connectivity index is 1.55. The third-order valence-corrected chi connectivity index (χ3v) is 4.76. The van der Waals surface area contributed by atoms with Gasteiger partial charge in [-0.05, 0) is 61.5 Å². The second kappa shape index (κ2) is 11.1. The van der Waals surface area contributed by atoms with Crippen LogP contribution in [-0.2, 0) is 11.0 Å². The lowest BCUT2D eigenvalue weighted by Crippen LogP contribution is -2.33. The summed E-state index contributed by atoms with van der Waals surface area (Å²) < 4.78 is 103. The number of benzene rings is 2. The van der Waals surface area contributed by atoms with Crippen molar-refractivity contribution in [2.75, 3.05) is 5.32 Å². The molecule has 3 aromatic rings. The maximum atomic E-state index is 12.9. The summed E-state index contributed by atoms with van der Waals surface area (Å²) in [7, 11) is 0. The Morgan fingerprint density at radius 1 is 0.946 bits per heavy atom. The number of hydrogen-bond acceptors (Lipinski definition) is 5. The van der Waals surface area contributed by atoms with Gasteiger partial charge < -0.3 is 19.5 Å². The largest absolute Gasteiger partial charge is 0.481 e. The molecule has 0 radical (unpaired) electrons. The fourth-order valence-electron chi connectivity index (χ4n) is 2.66. The Morgan fingerprint density at radius 2 is 1.51 bits per heavy atom. The molecule has 2 aromatic carbocycles. The van der Waals surface area contributed by atoms with E-state index in [4.69, 9.17) is 21.1 Å². The maximum Gasteiger partial charge on any atom is 0.461 e. The van der Waals surface area contributed by atoms with Crippen LogP contribution in [0.2, 0.25) is 5.02 Å². The van der Waals surface area contributed by atoms with Crippen LogP contribution in [0.3, 0.4) is 0 Å². The molecular formula is C23H16ClF7N2O4. The standard InChI is InChI=1S/C23H16ClF7N2O4/c1-12(19(34)33-14-2-4-17(5-3-14)37-23(30,31)21(25)26)35-15-6-8-16(9-7-15)36-20-18(24)10-13(11-32-20)22(27,28)29/h2-12,21H,1H3,(H,33,34). The zero-order valence-electron chi connectivity index (χ0n) is 18.5. The van der Waals surface area contributed by atoms with Crippen molar-refractivity contribution in [1.29, 1.82) is 0 Å². The molecule has 0 aliphatic heterocycles. The van der Waals surface area contributed by atoms with Gasteiger partial charge >= 0.3 is 18.7 Å². The van der Waals surface area contributed by atoms with E-state index in [1.165, 1.54) is 43.3 Å². The lowest BCUT2D eigenvalue weighted by molar-refractivity contribution is -0.253. The summed E-state index contributed by atoms with van der Waals surface area (Å²) in [5.41, 5.74) is -0.865. The van der Waals surface area contributed by atoms with Crippen LogP contribution in [0.25, 0.3) is 0 Å². The predicted molar refractivity (Wildman–Crippen MR) is 118 cm³/mol. The molecule has 0 aliphatic carbocycles. The van der Waals surface area contributed by atoms with Gasteiger partial charge in [0.1, 0.15) is 22.3 Å². The van der Waals surface area contributed by atoms with Crippen LogP contribution in [0.4, 0.5) is 36.4 Å². The highest BCUT2D eigenvalue weighted by atomic mass is 35.5. The maximum absolute atomic E-state index is 12.9. The average Bonchev–Trinajstić information content (AvgIpc) is 2.81. The first-order chi connectivity index (χ1) is 17.2. The number of pyridine rings is 1. The molecule has 0 fully saturated rings. The third-order valence-electron chi connectivity index (χ3n) is 4.48. The molecule has 1 aromatic heterocycles. The summed E-state index contributed by atoms with van der Waals surface area (Å²) >= 11 is 5.81. The van der Waals surface area contributed by atoms with Crippen LogP contribution in [0.5, 0.6) is 23.1 Å². The number of nitrogens with one attached hydrogen (secondary N) is 1. The number of aromatic nitrogens is 1. The Labute approximate surface area is 209 Å². The Bertz CT molecular complexity index is 1220. The summed E-state index contributed by atoms with van der Waals surface area (Å²) in [5, 5.41) is 2.11. The smallest absolute Gasteiger partial charge is 0.461 e. The molecule has 14 heteroatoms. The number of ether oxygens (including phenoxy) is 3. The molecule has 0 saturated carbocycles. The number of hydrogen-bond donors (Lipinski definition) is 1. The molecule has 1 atom stereocenters. The molecule has 198 valence electrons. The van der Waals surface area contributed by atoms with Gasteiger partial charge in [0.25, 0.3) is 5.91 Å². The highest BCUT2D eigenvalue weighted by Gasteiger charge is 2.44. The van der Waals surface area contributed by atoms with Crippen LogP contribution in [0, 0.1) is 0 Å². The molecule has 1 heterocycles. The van der Waals surface area contributed by atoms with Crippen molar-refractivity contribution >= 4 is 23.2 Å². The van der Waals surface area contributed by atoms with E-state index in [9.17, 15) is 35.5 Å². The van der Waals surface area contributed by atoms with E-state index in [2.05, 4.69) is 15.0 Å². The van der Waals surface area contributed by atoms with Crippen molar-refractivity contribution in [3.8, 4) is 23.1 Å². The Hall–Kier alpha value is -3.74. The molecule has 37 heavy (non-hydrogen) atoms. The highest BCUT2D eigenvalue weighted by molar-refractivity contribution is 6.31. The number of amides is 1. The van der Waals surface area contributed by atoms with Gasteiger partial charge in [0, 0.05) is 11.9 Å². The minimum atomic E-state index is -4.66. The van der Waals surface area contributed by atoms with Gasteiger partial charge in [-0.25, -0.2) is 4.98 Å². The minimum Gasteiger partial charge on any atom is -0.481 e. The summed E-state index contributed by atoms with van der Waals surface area (Å²) in [4.78, 5) is 15.9. The number of anilines is 1. The number of alkyl halides is 7. The van der Waals surface area contributed by atoms with Gasteiger partial charge in [-0.15, -0.1) is 0 Å². The van der Waals surface area contributed by atoms with Crippen LogP contribution in [-0.4, -0.2) is 29.5 Å². The van der Waals surface area contributed by atoms with Crippen LogP contribution >= 0.6 is 11.6 Å². The SMILES string of the molecule is CC(Oc1ccc(Oc2ncc(C(F)(F)F)cc2Cl)cc1)C(=O)Nc1ccc(OC(F)(F)C(F)F)cc1. The quantitative estimate of drug-likeness (QED) is 0.285. The minimum absolute atomic E-state index is 0.165. The lowest BCUT2D eigenvalue weighted by atomic mass is 10.2. The van der Waals surface area contributed by atoms with Crippen molar-refractivity contribution in [1.82, 2.24) is 4.98 Å². The molecule has 1 N–H and O–H groups in total. The molecule has 0 bridgehead atoms. The van der Waals surface area contributed by atoms with Crippen LogP contribution < -0.4 is 19.5 Å². The van der Waals surface area contributed by atoms with Crippen molar-refractivity contribution in [2.24, 2.45) is 0 Å². The van der Waals surface area contributed by atoms with E-state index in [0.29, 0.717) is 12.3 Å². The summed E-state index contributed by atoms with van der Waals surface area (Å²) in [6, 6.07) is 10.6. The Kier molecular flexibility index (Phi) is 8.36. The number of rotatable bonds is 9. The zero-order chi connectivity index (χ0) is 27.4.